The number of fused-ring (bicyclic) bond motifs is 8. The van der Waals surface area contributed by atoms with Gasteiger partial charge in [-0.25, -0.2) is 0 Å². The van der Waals surface area contributed by atoms with E-state index in [1.165, 1.54) is 38.2 Å². The lowest BCUT2D eigenvalue weighted by Gasteiger charge is -2.14. The molecule has 45 heavy (non-hydrogen) atoms. The summed E-state index contributed by atoms with van der Waals surface area (Å²) in [5.74, 6) is 0.648. The fraction of sp³-hybridized carbons (Fsp3) is 0.0244. The molecule has 0 amide bonds. The Morgan fingerprint density at radius 1 is 0.533 bits per heavy atom. The first kappa shape index (κ1) is 25.5. The average Bonchev–Trinajstić information content (AvgIpc) is 3.64. The quantitative estimate of drug-likeness (QED) is 0.206. The van der Waals surface area contributed by atoms with Crippen LogP contribution in [0.15, 0.2) is 150 Å². The van der Waals surface area contributed by atoms with Crippen molar-refractivity contribution in [1.29, 1.82) is 0 Å². The van der Waals surface area contributed by atoms with Crippen LogP contribution in [0, 0.1) is 0 Å². The molecule has 0 bridgehead atoms. The number of ether oxygens (including phenoxy) is 1. The predicted molar refractivity (Wildman–Crippen MR) is 186 cm³/mol. The molecule has 0 atom stereocenters. The Balaban J connectivity index is 1.22. The molecule has 0 aliphatic carbocycles. The molecule has 0 radical (unpaired) electrons. The van der Waals surface area contributed by atoms with Crippen LogP contribution >= 0.6 is 0 Å². The van der Waals surface area contributed by atoms with Crippen molar-refractivity contribution < 1.29 is 9.15 Å². The number of aromatic nitrogens is 1. The van der Waals surface area contributed by atoms with Crippen LogP contribution in [0.1, 0.15) is 5.56 Å². The van der Waals surface area contributed by atoms with Crippen LogP contribution in [0.4, 0.5) is 5.69 Å². The van der Waals surface area contributed by atoms with Crippen LogP contribution in [-0.4, -0.2) is 4.57 Å². The number of rotatable bonds is 5. The van der Waals surface area contributed by atoms with Gasteiger partial charge in [0.15, 0.2) is 0 Å². The summed E-state index contributed by atoms with van der Waals surface area (Å²) in [6, 6.07) is 50.7. The SMILES string of the molecule is Nc1c(OCc2cc3c(c4ccccc24)c2ccccc2n3-c2cccc(-c3ccccc3)c2)ccc2oc3ccccc3c12. The molecule has 0 saturated heterocycles. The van der Waals surface area contributed by atoms with Gasteiger partial charge in [0.1, 0.15) is 23.5 Å². The first-order chi connectivity index (χ1) is 22.2. The number of para-hydroxylation sites is 2. The summed E-state index contributed by atoms with van der Waals surface area (Å²) in [4.78, 5) is 0. The summed E-state index contributed by atoms with van der Waals surface area (Å²) >= 11 is 0. The molecule has 2 heterocycles. The zero-order valence-corrected chi connectivity index (χ0v) is 24.4. The highest BCUT2D eigenvalue weighted by Crippen LogP contribution is 2.41. The predicted octanol–water partition coefficient (Wildman–Crippen LogP) is 10.7. The van der Waals surface area contributed by atoms with Gasteiger partial charge in [-0.05, 0) is 69.9 Å². The minimum absolute atomic E-state index is 0.369. The molecule has 9 aromatic rings. The molecule has 0 fully saturated rings. The van der Waals surface area contributed by atoms with Crippen LogP contribution in [0.3, 0.4) is 0 Å². The van der Waals surface area contributed by atoms with Gasteiger partial charge < -0.3 is 19.5 Å². The number of nitrogens with two attached hydrogens (primary N) is 1. The Kier molecular flexibility index (Phi) is 5.69. The van der Waals surface area contributed by atoms with Crippen LogP contribution in [0.2, 0.25) is 0 Å². The van der Waals surface area contributed by atoms with E-state index in [-0.39, 0.29) is 0 Å². The normalized spacial score (nSPS) is 11.7. The second-order valence-corrected chi connectivity index (χ2v) is 11.5. The average molecular weight is 581 g/mol. The maximum Gasteiger partial charge on any atom is 0.143 e. The Morgan fingerprint density at radius 2 is 1.24 bits per heavy atom. The van der Waals surface area contributed by atoms with E-state index in [1.54, 1.807) is 0 Å². The molecular weight excluding hydrogens is 552 g/mol. The van der Waals surface area contributed by atoms with Gasteiger partial charge in [0, 0.05) is 21.8 Å². The maximum atomic E-state index is 6.72. The highest BCUT2D eigenvalue weighted by atomic mass is 16.5. The molecule has 0 aliphatic heterocycles. The van der Waals surface area contributed by atoms with E-state index in [0.29, 0.717) is 18.0 Å². The van der Waals surface area contributed by atoms with Crippen LogP contribution in [-0.2, 0) is 6.61 Å². The van der Waals surface area contributed by atoms with E-state index in [4.69, 9.17) is 14.9 Å². The Bertz CT molecular complexity index is 2560. The standard InChI is InChI=1S/C41H28N2O2/c42-41-38(22-21-37-40(41)33-18-7-9-20-36(33)45-37)44-25-28-24-35-39(31-16-5-4-15-30(28)31)32-17-6-8-19-34(32)43(35)29-14-10-13-27(23-29)26-11-2-1-3-12-26/h1-24H,25,42H2. The lowest BCUT2D eigenvalue weighted by molar-refractivity contribution is 0.310. The lowest BCUT2D eigenvalue weighted by atomic mass is 9.99. The molecule has 2 N–H and O–H groups in total. The fourth-order valence-corrected chi connectivity index (χ4v) is 6.86. The van der Waals surface area contributed by atoms with Crippen molar-refractivity contribution in [2.45, 2.75) is 6.61 Å². The number of nitrogen functional groups attached to an aromatic ring is 1. The van der Waals surface area contributed by atoms with Crippen molar-refractivity contribution in [3.63, 3.8) is 0 Å². The van der Waals surface area contributed by atoms with Crippen molar-refractivity contribution >= 4 is 60.2 Å². The van der Waals surface area contributed by atoms with Gasteiger partial charge in [0.25, 0.3) is 0 Å². The Morgan fingerprint density at radius 3 is 2.11 bits per heavy atom. The van der Waals surface area contributed by atoms with E-state index in [1.807, 2.05) is 36.4 Å². The summed E-state index contributed by atoms with van der Waals surface area (Å²) in [6.07, 6.45) is 0. The van der Waals surface area contributed by atoms with Gasteiger partial charge in [0.05, 0.1) is 22.1 Å². The molecule has 0 saturated carbocycles. The van der Waals surface area contributed by atoms with Crippen molar-refractivity contribution in [3.05, 3.63) is 151 Å². The van der Waals surface area contributed by atoms with E-state index >= 15 is 0 Å². The minimum Gasteiger partial charge on any atom is -0.487 e. The number of furan rings is 1. The van der Waals surface area contributed by atoms with Crippen molar-refractivity contribution in [3.8, 4) is 22.6 Å². The van der Waals surface area contributed by atoms with Crippen LogP contribution < -0.4 is 10.5 Å². The Hall–Kier alpha value is -6.00. The largest absolute Gasteiger partial charge is 0.487 e. The first-order valence-corrected chi connectivity index (χ1v) is 15.2. The van der Waals surface area contributed by atoms with Gasteiger partial charge >= 0.3 is 0 Å². The molecule has 9 rings (SSSR count). The zero-order chi connectivity index (χ0) is 29.9. The molecule has 0 spiro atoms. The second-order valence-electron chi connectivity index (χ2n) is 11.5. The molecule has 2 aromatic heterocycles. The third-order valence-electron chi connectivity index (χ3n) is 8.90. The van der Waals surface area contributed by atoms with Gasteiger partial charge in [-0.3, -0.25) is 0 Å². The van der Waals surface area contributed by atoms with E-state index in [0.717, 1.165) is 38.7 Å². The summed E-state index contributed by atoms with van der Waals surface area (Å²) < 4.78 is 14.9. The van der Waals surface area contributed by atoms with E-state index in [2.05, 4.69) is 114 Å². The maximum absolute atomic E-state index is 6.72. The van der Waals surface area contributed by atoms with Gasteiger partial charge in [-0.1, -0.05) is 103 Å². The first-order valence-electron chi connectivity index (χ1n) is 15.2. The van der Waals surface area contributed by atoms with Crippen molar-refractivity contribution in [1.82, 2.24) is 4.57 Å². The van der Waals surface area contributed by atoms with Crippen molar-refractivity contribution in [2.75, 3.05) is 5.73 Å². The lowest BCUT2D eigenvalue weighted by Crippen LogP contribution is -2.01. The Labute approximate surface area is 259 Å². The molecule has 0 aliphatic rings. The number of anilines is 1. The smallest absolute Gasteiger partial charge is 0.143 e. The summed E-state index contributed by atoms with van der Waals surface area (Å²) in [6.45, 7) is 0.369. The highest BCUT2D eigenvalue weighted by Gasteiger charge is 2.19. The third kappa shape index (κ3) is 4.00. The fourth-order valence-electron chi connectivity index (χ4n) is 6.86. The minimum atomic E-state index is 0.369. The number of nitrogens with zero attached hydrogens (tertiary/aromatic N) is 1. The number of hydrogen-bond donors (Lipinski definition) is 1. The molecular formula is C41H28N2O2. The number of hydrogen-bond acceptors (Lipinski definition) is 3. The van der Waals surface area contributed by atoms with Crippen LogP contribution in [0.5, 0.6) is 5.75 Å². The zero-order valence-electron chi connectivity index (χ0n) is 24.4. The summed E-state index contributed by atoms with van der Waals surface area (Å²) in [5.41, 5.74) is 15.8. The number of benzene rings is 7. The summed E-state index contributed by atoms with van der Waals surface area (Å²) in [7, 11) is 0. The second kappa shape index (κ2) is 10.0. The molecule has 0 unspecified atom stereocenters. The van der Waals surface area contributed by atoms with E-state index in [9.17, 15) is 0 Å². The monoisotopic (exact) mass is 580 g/mol. The topological polar surface area (TPSA) is 53.3 Å². The van der Waals surface area contributed by atoms with Gasteiger partial charge in [-0.2, -0.15) is 0 Å². The third-order valence-corrected chi connectivity index (χ3v) is 8.90. The van der Waals surface area contributed by atoms with Gasteiger partial charge in [-0.15, -0.1) is 0 Å². The van der Waals surface area contributed by atoms with Crippen molar-refractivity contribution in [2.24, 2.45) is 0 Å². The van der Waals surface area contributed by atoms with Crippen LogP contribution in [0.25, 0.3) is 71.3 Å². The molecule has 7 aromatic carbocycles. The summed E-state index contributed by atoms with van der Waals surface area (Å²) in [5, 5.41) is 6.71. The van der Waals surface area contributed by atoms with E-state index < -0.39 is 0 Å². The molecule has 4 heteroatoms. The van der Waals surface area contributed by atoms with Gasteiger partial charge in [0.2, 0.25) is 0 Å². The highest BCUT2D eigenvalue weighted by molar-refractivity contribution is 6.22. The molecule has 4 nitrogen and oxygen atoms in total. The molecule has 214 valence electrons.